The zero-order valence-corrected chi connectivity index (χ0v) is 12.0. The van der Waals surface area contributed by atoms with Gasteiger partial charge in [-0.2, -0.15) is 0 Å². The van der Waals surface area contributed by atoms with Crippen LogP contribution in [-0.2, 0) is 20.7 Å². The Morgan fingerprint density at radius 3 is 2.71 bits per heavy atom. The lowest BCUT2D eigenvalue weighted by Crippen LogP contribution is -2.43. The minimum atomic E-state index is -0.977. The van der Waals surface area contributed by atoms with Gasteiger partial charge in [-0.25, -0.2) is 4.79 Å². The van der Waals surface area contributed by atoms with Crippen molar-refractivity contribution in [2.24, 2.45) is 5.92 Å². The molecule has 2 atom stereocenters. The molecule has 1 aromatic rings. The van der Waals surface area contributed by atoms with Crippen molar-refractivity contribution in [3.05, 3.63) is 35.9 Å². The van der Waals surface area contributed by atoms with E-state index in [1.807, 2.05) is 30.3 Å². The number of benzene rings is 1. The fraction of sp³-hybridized carbons (Fsp3) is 0.500. The number of ether oxygens (including phenoxy) is 1. The Labute approximate surface area is 124 Å². The lowest BCUT2D eigenvalue weighted by molar-refractivity contribution is -0.142. The fourth-order valence-electron chi connectivity index (χ4n) is 2.44. The average molecular weight is 291 g/mol. The topological polar surface area (TPSA) is 75.6 Å². The smallest absolute Gasteiger partial charge is 0.326 e. The maximum atomic E-state index is 11.9. The first kappa shape index (κ1) is 15.5. The molecule has 0 unspecified atom stereocenters. The molecule has 1 amide bonds. The van der Waals surface area contributed by atoms with Gasteiger partial charge in [-0.05, 0) is 31.2 Å². The second kappa shape index (κ2) is 7.78. The molecular formula is C16H21NO4. The molecule has 0 aliphatic carbocycles. The number of rotatable bonds is 7. The molecule has 0 saturated carbocycles. The Kier molecular flexibility index (Phi) is 5.75. The number of amides is 1. The number of hydrogen-bond donors (Lipinski definition) is 2. The normalized spacial score (nSPS) is 19.1. The van der Waals surface area contributed by atoms with Crippen molar-refractivity contribution in [2.75, 3.05) is 13.2 Å². The monoisotopic (exact) mass is 291 g/mol. The molecule has 1 aromatic carbocycles. The van der Waals surface area contributed by atoms with Crippen LogP contribution < -0.4 is 5.32 Å². The molecule has 21 heavy (non-hydrogen) atoms. The molecule has 2 N–H and O–H groups in total. The first-order valence-electron chi connectivity index (χ1n) is 7.31. The molecule has 0 aromatic heterocycles. The van der Waals surface area contributed by atoms with E-state index in [4.69, 9.17) is 4.74 Å². The summed E-state index contributed by atoms with van der Waals surface area (Å²) in [6.45, 7) is 0.964. The van der Waals surface area contributed by atoms with Crippen LogP contribution in [0.25, 0.3) is 0 Å². The van der Waals surface area contributed by atoms with E-state index in [1.165, 1.54) is 5.56 Å². The molecule has 5 heteroatoms. The fourth-order valence-corrected chi connectivity index (χ4v) is 2.44. The van der Waals surface area contributed by atoms with E-state index >= 15 is 0 Å². The van der Waals surface area contributed by atoms with Crippen LogP contribution in [0.5, 0.6) is 0 Å². The Morgan fingerprint density at radius 2 is 2.10 bits per heavy atom. The number of hydrogen-bond acceptors (Lipinski definition) is 3. The molecule has 0 bridgehead atoms. The number of carboxylic acids is 1. The van der Waals surface area contributed by atoms with Gasteiger partial charge in [-0.3, -0.25) is 4.79 Å². The van der Waals surface area contributed by atoms with E-state index in [0.717, 1.165) is 12.8 Å². The van der Waals surface area contributed by atoms with Gasteiger partial charge in [0.1, 0.15) is 6.04 Å². The highest BCUT2D eigenvalue weighted by molar-refractivity contribution is 5.85. The van der Waals surface area contributed by atoms with E-state index in [2.05, 4.69) is 5.32 Å². The van der Waals surface area contributed by atoms with E-state index in [9.17, 15) is 14.7 Å². The molecule has 114 valence electrons. The number of aliphatic carboxylic acids is 1. The van der Waals surface area contributed by atoms with E-state index in [-0.39, 0.29) is 11.8 Å². The van der Waals surface area contributed by atoms with Gasteiger partial charge in [0.15, 0.2) is 0 Å². The predicted octanol–water partition coefficient (Wildman–Crippen LogP) is 1.62. The van der Waals surface area contributed by atoms with E-state index in [1.54, 1.807) is 0 Å². The van der Waals surface area contributed by atoms with E-state index in [0.29, 0.717) is 26.1 Å². The summed E-state index contributed by atoms with van der Waals surface area (Å²) in [4.78, 5) is 23.2. The van der Waals surface area contributed by atoms with Crippen LogP contribution >= 0.6 is 0 Å². The summed E-state index contributed by atoms with van der Waals surface area (Å²) in [7, 11) is 0. The molecule has 1 fully saturated rings. The second-order valence-corrected chi connectivity index (χ2v) is 5.34. The van der Waals surface area contributed by atoms with E-state index < -0.39 is 12.0 Å². The highest BCUT2D eigenvalue weighted by atomic mass is 16.5. The maximum absolute atomic E-state index is 11.9. The number of carbonyl (C=O) groups is 2. The highest BCUT2D eigenvalue weighted by Crippen LogP contribution is 2.13. The Bertz CT molecular complexity index is 468. The van der Waals surface area contributed by atoms with Crippen molar-refractivity contribution in [2.45, 2.75) is 31.7 Å². The summed E-state index contributed by atoms with van der Waals surface area (Å²) >= 11 is 0. The lowest BCUT2D eigenvalue weighted by Gasteiger charge is -2.16. The van der Waals surface area contributed by atoms with Gasteiger partial charge in [-0.15, -0.1) is 0 Å². The molecule has 5 nitrogen and oxygen atoms in total. The quantitative estimate of drug-likeness (QED) is 0.800. The molecule has 1 aliphatic rings. The first-order valence-corrected chi connectivity index (χ1v) is 7.31. The lowest BCUT2D eigenvalue weighted by atomic mass is 10.0. The highest BCUT2D eigenvalue weighted by Gasteiger charge is 2.27. The van der Waals surface area contributed by atoms with Crippen LogP contribution in [0.1, 0.15) is 24.8 Å². The number of nitrogens with one attached hydrogen (secondary N) is 1. The van der Waals surface area contributed by atoms with Crippen LogP contribution in [0.15, 0.2) is 30.3 Å². The molecule has 1 heterocycles. The summed E-state index contributed by atoms with van der Waals surface area (Å²) < 4.78 is 5.15. The van der Waals surface area contributed by atoms with Crippen LogP contribution in [0, 0.1) is 5.92 Å². The first-order chi connectivity index (χ1) is 10.2. The van der Waals surface area contributed by atoms with Gasteiger partial charge >= 0.3 is 5.97 Å². The minimum Gasteiger partial charge on any atom is -0.480 e. The maximum Gasteiger partial charge on any atom is 0.326 e. The third kappa shape index (κ3) is 4.86. The van der Waals surface area contributed by atoms with Gasteiger partial charge < -0.3 is 15.2 Å². The summed E-state index contributed by atoms with van der Waals surface area (Å²) in [5, 5.41) is 11.8. The largest absolute Gasteiger partial charge is 0.480 e. The summed E-state index contributed by atoms with van der Waals surface area (Å²) in [6, 6.07) is 9.10. The van der Waals surface area contributed by atoms with Gasteiger partial charge in [0.25, 0.3) is 0 Å². The van der Waals surface area contributed by atoms with Gasteiger partial charge in [0.05, 0.1) is 12.5 Å². The predicted molar refractivity (Wildman–Crippen MR) is 77.9 cm³/mol. The number of aryl methyl sites for hydroxylation is 1. The Hall–Kier alpha value is -1.88. The van der Waals surface area contributed by atoms with Crippen LogP contribution in [-0.4, -0.2) is 36.2 Å². The molecular weight excluding hydrogens is 270 g/mol. The number of carboxylic acid groups (broad SMARTS) is 1. The van der Waals surface area contributed by atoms with Gasteiger partial charge in [-0.1, -0.05) is 30.3 Å². The van der Waals surface area contributed by atoms with Crippen molar-refractivity contribution in [3.63, 3.8) is 0 Å². The van der Waals surface area contributed by atoms with Crippen molar-refractivity contribution >= 4 is 11.9 Å². The van der Waals surface area contributed by atoms with Gasteiger partial charge in [0.2, 0.25) is 5.91 Å². The third-order valence-electron chi connectivity index (χ3n) is 3.72. The summed E-state index contributed by atoms with van der Waals surface area (Å²) in [5.74, 6) is -1.39. The standard InChI is InChI=1S/C16H21NO4/c18-15(13-9-10-21-11-13)17-14(16(19)20)8-4-7-12-5-2-1-3-6-12/h1-3,5-6,13-14H,4,7-11H2,(H,17,18)(H,19,20)/t13-,14+/m1/s1. The minimum absolute atomic E-state index is 0.207. The van der Waals surface area contributed by atoms with Crippen LogP contribution in [0.3, 0.4) is 0 Å². The Balaban J connectivity index is 1.79. The summed E-state index contributed by atoms with van der Waals surface area (Å²) in [5.41, 5.74) is 1.18. The Morgan fingerprint density at radius 1 is 1.33 bits per heavy atom. The molecule has 1 saturated heterocycles. The van der Waals surface area contributed by atoms with Crippen LogP contribution in [0.4, 0.5) is 0 Å². The average Bonchev–Trinajstić information content (AvgIpc) is 3.01. The van der Waals surface area contributed by atoms with Crippen molar-refractivity contribution in [1.29, 1.82) is 0 Å². The van der Waals surface area contributed by atoms with Crippen molar-refractivity contribution in [3.8, 4) is 0 Å². The zero-order valence-electron chi connectivity index (χ0n) is 12.0. The SMILES string of the molecule is O=C(N[C@@H](CCCc1ccccc1)C(=O)O)[C@@H]1CCOC1. The zero-order chi connectivity index (χ0) is 15.1. The molecule has 1 aliphatic heterocycles. The van der Waals surface area contributed by atoms with Gasteiger partial charge in [0, 0.05) is 6.61 Å². The van der Waals surface area contributed by atoms with Crippen LogP contribution in [0.2, 0.25) is 0 Å². The molecule has 2 rings (SSSR count). The molecule has 0 radical (unpaired) electrons. The third-order valence-corrected chi connectivity index (χ3v) is 3.72. The van der Waals surface area contributed by atoms with Crippen molar-refractivity contribution in [1.82, 2.24) is 5.32 Å². The summed E-state index contributed by atoms with van der Waals surface area (Å²) in [6.07, 6.45) is 2.64. The molecule has 0 spiro atoms. The van der Waals surface area contributed by atoms with Crippen molar-refractivity contribution < 1.29 is 19.4 Å². The second-order valence-electron chi connectivity index (χ2n) is 5.34. The number of carbonyl (C=O) groups excluding carboxylic acids is 1.